The molecule has 1 heterocycles. The van der Waals surface area contributed by atoms with Crippen molar-refractivity contribution in [2.75, 3.05) is 32.8 Å². The molecule has 12 heavy (non-hydrogen) atoms. The Hall–Kier alpha value is -0.160. The number of aliphatic hydroxyl groups is 2. The van der Waals surface area contributed by atoms with Gasteiger partial charge in [-0.2, -0.15) is 0 Å². The summed E-state index contributed by atoms with van der Waals surface area (Å²) in [5.41, 5.74) is 0. The van der Waals surface area contributed by atoms with Gasteiger partial charge in [0.15, 0.2) is 0 Å². The summed E-state index contributed by atoms with van der Waals surface area (Å²) in [5, 5.41) is 21.4. The monoisotopic (exact) mass is 174 g/mol. The molecular weight excluding hydrogens is 156 g/mol. The largest absolute Gasteiger partial charge is 0.395 e. The minimum absolute atomic E-state index is 0.158. The summed E-state index contributed by atoms with van der Waals surface area (Å²) >= 11 is 0. The maximum absolute atomic E-state index is 9.41. The summed E-state index contributed by atoms with van der Waals surface area (Å²) < 4.78 is 0. The van der Waals surface area contributed by atoms with Crippen LogP contribution in [-0.4, -0.2) is 60.0 Å². The molecule has 4 nitrogen and oxygen atoms in total. The van der Waals surface area contributed by atoms with Crippen molar-refractivity contribution in [2.24, 2.45) is 0 Å². The summed E-state index contributed by atoms with van der Waals surface area (Å²) in [5.74, 6) is 0. The van der Waals surface area contributed by atoms with Gasteiger partial charge in [-0.15, -0.1) is 0 Å². The molecule has 72 valence electrons. The third-order valence-corrected chi connectivity index (χ3v) is 2.34. The van der Waals surface area contributed by atoms with Crippen molar-refractivity contribution >= 4 is 0 Å². The smallest absolute Gasteiger partial charge is 0.0679 e. The Morgan fingerprint density at radius 1 is 1.67 bits per heavy atom. The van der Waals surface area contributed by atoms with E-state index >= 15 is 0 Å². The van der Waals surface area contributed by atoms with E-state index < -0.39 is 0 Å². The van der Waals surface area contributed by atoms with Gasteiger partial charge < -0.3 is 15.5 Å². The molecule has 3 N–H and O–H groups in total. The topological polar surface area (TPSA) is 55.7 Å². The van der Waals surface area contributed by atoms with Crippen molar-refractivity contribution in [2.45, 2.75) is 19.1 Å². The molecule has 0 radical (unpaired) electrons. The first-order valence-corrected chi connectivity index (χ1v) is 4.49. The lowest BCUT2D eigenvalue weighted by molar-refractivity contribution is 0.0356. The fraction of sp³-hybridized carbons (Fsp3) is 1.00. The van der Waals surface area contributed by atoms with Crippen molar-refractivity contribution in [1.29, 1.82) is 0 Å². The molecule has 1 fully saturated rings. The fourth-order valence-electron chi connectivity index (χ4n) is 1.65. The molecule has 0 bridgehead atoms. The number of nitrogens with zero attached hydrogens (tertiary/aromatic N) is 1. The van der Waals surface area contributed by atoms with E-state index in [0.29, 0.717) is 6.54 Å². The fourth-order valence-corrected chi connectivity index (χ4v) is 1.65. The third-order valence-electron chi connectivity index (χ3n) is 2.34. The van der Waals surface area contributed by atoms with Crippen LogP contribution in [-0.2, 0) is 0 Å². The number of hydrogen-bond donors (Lipinski definition) is 3. The molecule has 1 aliphatic rings. The highest BCUT2D eigenvalue weighted by molar-refractivity contribution is 4.83. The summed E-state index contributed by atoms with van der Waals surface area (Å²) in [6.07, 6.45) is -0.329. The van der Waals surface area contributed by atoms with Gasteiger partial charge >= 0.3 is 0 Å². The van der Waals surface area contributed by atoms with Gasteiger partial charge in [-0.3, -0.25) is 4.90 Å². The van der Waals surface area contributed by atoms with Crippen LogP contribution in [0.2, 0.25) is 0 Å². The van der Waals surface area contributed by atoms with E-state index in [1.54, 1.807) is 6.92 Å². The molecule has 0 amide bonds. The molecular formula is C8H18N2O2. The first-order valence-electron chi connectivity index (χ1n) is 4.49. The summed E-state index contributed by atoms with van der Waals surface area (Å²) in [4.78, 5) is 2.13. The maximum Gasteiger partial charge on any atom is 0.0679 e. The van der Waals surface area contributed by atoms with Crippen molar-refractivity contribution < 1.29 is 10.2 Å². The minimum atomic E-state index is -0.329. The quantitative estimate of drug-likeness (QED) is 0.494. The second-order valence-electron chi connectivity index (χ2n) is 3.27. The summed E-state index contributed by atoms with van der Waals surface area (Å²) in [6, 6.07) is 0.158. The number of hydrogen-bond acceptors (Lipinski definition) is 4. The Kier molecular flexibility index (Phi) is 3.94. The zero-order valence-electron chi connectivity index (χ0n) is 7.53. The molecule has 4 heteroatoms. The van der Waals surface area contributed by atoms with Gasteiger partial charge in [0.2, 0.25) is 0 Å². The van der Waals surface area contributed by atoms with Crippen molar-refractivity contribution in [1.82, 2.24) is 10.2 Å². The van der Waals surface area contributed by atoms with E-state index in [1.165, 1.54) is 0 Å². The number of nitrogens with one attached hydrogen (secondary N) is 1. The first-order chi connectivity index (χ1) is 5.75. The first kappa shape index (κ1) is 9.92. The number of aliphatic hydroxyl groups excluding tert-OH is 2. The normalized spacial score (nSPS) is 28.8. The van der Waals surface area contributed by atoms with E-state index in [2.05, 4.69) is 10.2 Å². The molecule has 0 aromatic heterocycles. The molecule has 0 aromatic rings. The predicted octanol–water partition coefficient (Wildman–Crippen LogP) is -1.37. The molecule has 0 aromatic carbocycles. The standard InChI is InChI=1S/C8H18N2O2/c1-7(12)8-6-9-2-3-10(8)4-5-11/h7-9,11-12H,2-6H2,1H3. The van der Waals surface area contributed by atoms with Crippen molar-refractivity contribution in [3.8, 4) is 0 Å². The molecule has 0 spiro atoms. The number of rotatable bonds is 3. The predicted molar refractivity (Wildman–Crippen MR) is 47.0 cm³/mol. The Morgan fingerprint density at radius 3 is 3.00 bits per heavy atom. The Balaban J connectivity index is 2.42. The van der Waals surface area contributed by atoms with Crippen LogP contribution < -0.4 is 5.32 Å². The molecule has 0 aliphatic carbocycles. The van der Waals surface area contributed by atoms with Crippen LogP contribution in [0.5, 0.6) is 0 Å². The van der Waals surface area contributed by atoms with E-state index in [9.17, 15) is 5.11 Å². The van der Waals surface area contributed by atoms with Gasteiger partial charge in [0, 0.05) is 32.2 Å². The number of β-amino-alcohol motifs (C(OH)–C–C–N with tert-alkyl or cyclic N) is 1. The van der Waals surface area contributed by atoms with Gasteiger partial charge in [0.05, 0.1) is 12.7 Å². The lowest BCUT2D eigenvalue weighted by Gasteiger charge is -2.37. The average molecular weight is 174 g/mol. The van der Waals surface area contributed by atoms with Gasteiger partial charge in [-0.25, -0.2) is 0 Å². The van der Waals surface area contributed by atoms with Gasteiger partial charge in [0.1, 0.15) is 0 Å². The summed E-state index contributed by atoms with van der Waals surface area (Å²) in [7, 11) is 0. The Labute approximate surface area is 73.2 Å². The zero-order chi connectivity index (χ0) is 8.97. The molecule has 1 rings (SSSR count). The van der Waals surface area contributed by atoms with Crippen LogP contribution >= 0.6 is 0 Å². The average Bonchev–Trinajstić information content (AvgIpc) is 2.05. The van der Waals surface area contributed by atoms with Crippen LogP contribution in [0.15, 0.2) is 0 Å². The van der Waals surface area contributed by atoms with Crippen LogP contribution in [0.4, 0.5) is 0 Å². The SMILES string of the molecule is CC(O)C1CNCCN1CCO. The molecule has 1 saturated heterocycles. The molecule has 2 unspecified atom stereocenters. The van der Waals surface area contributed by atoms with Crippen LogP contribution in [0.25, 0.3) is 0 Å². The van der Waals surface area contributed by atoms with E-state index in [4.69, 9.17) is 5.11 Å². The van der Waals surface area contributed by atoms with Gasteiger partial charge in [0.25, 0.3) is 0 Å². The summed E-state index contributed by atoms with van der Waals surface area (Å²) in [6.45, 7) is 5.31. The molecule has 2 atom stereocenters. The lowest BCUT2D eigenvalue weighted by Crippen LogP contribution is -2.56. The van der Waals surface area contributed by atoms with Gasteiger partial charge in [-0.1, -0.05) is 0 Å². The maximum atomic E-state index is 9.41. The Bertz CT molecular complexity index is 128. The van der Waals surface area contributed by atoms with Crippen LogP contribution in [0, 0.1) is 0 Å². The van der Waals surface area contributed by atoms with Crippen molar-refractivity contribution in [3.05, 3.63) is 0 Å². The van der Waals surface area contributed by atoms with Crippen molar-refractivity contribution in [3.63, 3.8) is 0 Å². The highest BCUT2D eigenvalue weighted by atomic mass is 16.3. The van der Waals surface area contributed by atoms with E-state index in [0.717, 1.165) is 19.6 Å². The number of piperazine rings is 1. The second-order valence-corrected chi connectivity index (χ2v) is 3.27. The minimum Gasteiger partial charge on any atom is -0.395 e. The van der Waals surface area contributed by atoms with E-state index in [1.807, 2.05) is 0 Å². The molecule has 1 aliphatic heterocycles. The molecule has 0 saturated carbocycles. The highest BCUT2D eigenvalue weighted by Gasteiger charge is 2.24. The van der Waals surface area contributed by atoms with Gasteiger partial charge in [-0.05, 0) is 6.92 Å². The lowest BCUT2D eigenvalue weighted by atomic mass is 10.1. The van der Waals surface area contributed by atoms with E-state index in [-0.39, 0.29) is 18.8 Å². The van der Waals surface area contributed by atoms with Crippen LogP contribution in [0.1, 0.15) is 6.92 Å². The Morgan fingerprint density at radius 2 is 2.42 bits per heavy atom. The highest BCUT2D eigenvalue weighted by Crippen LogP contribution is 2.06. The zero-order valence-corrected chi connectivity index (χ0v) is 7.53. The third kappa shape index (κ3) is 2.42. The second kappa shape index (κ2) is 4.77. The van der Waals surface area contributed by atoms with Crippen LogP contribution in [0.3, 0.4) is 0 Å².